The number of fused-ring (bicyclic) bond motifs is 5. The van der Waals surface area contributed by atoms with Crippen molar-refractivity contribution in [2.45, 2.75) is 44.9 Å². The Morgan fingerprint density at radius 2 is 2.05 bits per heavy atom. The second-order valence-corrected chi connectivity index (χ2v) is 6.24. The zero-order valence-corrected chi connectivity index (χ0v) is 11.4. The number of pyridine rings is 1. The smallest absolute Gasteiger partial charge is 0.0728 e. The fraction of sp³-hybridized carbons (Fsp3) is 0.471. The predicted molar refractivity (Wildman–Crippen MR) is 79.3 cm³/mol. The second-order valence-electron chi connectivity index (χ2n) is 6.24. The molecule has 98 valence electrons. The van der Waals surface area contributed by atoms with Crippen molar-refractivity contribution in [3.63, 3.8) is 0 Å². The Morgan fingerprint density at radius 1 is 1.21 bits per heavy atom. The summed E-state index contributed by atoms with van der Waals surface area (Å²) < 4.78 is 0. The lowest BCUT2D eigenvalue weighted by Crippen LogP contribution is -2.12. The van der Waals surface area contributed by atoms with Gasteiger partial charge in [0, 0.05) is 16.8 Å². The molecule has 0 spiro atoms. The standard InChI is InChI=1S/C17H20N2/c1-10-8-15(18)17-14-9-11-4-2-3-5-12(11)13(14)6-7-16(17)19-10/h6-8,11-12H,2-5,9H2,1H3,(H2,18,19). The topological polar surface area (TPSA) is 38.9 Å². The minimum Gasteiger partial charge on any atom is -0.398 e. The van der Waals surface area contributed by atoms with E-state index in [2.05, 4.69) is 17.1 Å². The number of nitrogens with zero attached hydrogens (tertiary/aromatic N) is 1. The van der Waals surface area contributed by atoms with Crippen LogP contribution in [-0.4, -0.2) is 4.98 Å². The molecule has 1 aromatic heterocycles. The molecule has 4 rings (SSSR count). The average Bonchev–Trinajstić information content (AvgIpc) is 2.76. The SMILES string of the molecule is Cc1cc(N)c2c3c(ccc2n1)C1CCCCC1C3. The van der Waals surface area contributed by atoms with Crippen LogP contribution in [-0.2, 0) is 6.42 Å². The lowest BCUT2D eigenvalue weighted by molar-refractivity contribution is 0.330. The van der Waals surface area contributed by atoms with Gasteiger partial charge in [-0.2, -0.15) is 0 Å². The molecule has 0 aliphatic heterocycles. The summed E-state index contributed by atoms with van der Waals surface area (Å²) in [5, 5.41) is 1.23. The molecule has 0 amide bonds. The van der Waals surface area contributed by atoms with Crippen molar-refractivity contribution in [3.05, 3.63) is 35.0 Å². The van der Waals surface area contributed by atoms with E-state index in [9.17, 15) is 0 Å². The molecule has 1 fully saturated rings. The molecule has 0 saturated heterocycles. The van der Waals surface area contributed by atoms with Gasteiger partial charge >= 0.3 is 0 Å². The van der Waals surface area contributed by atoms with E-state index in [-0.39, 0.29) is 0 Å². The molecule has 2 N–H and O–H groups in total. The van der Waals surface area contributed by atoms with Crippen LogP contribution < -0.4 is 5.73 Å². The highest BCUT2D eigenvalue weighted by atomic mass is 14.7. The summed E-state index contributed by atoms with van der Waals surface area (Å²) in [6.07, 6.45) is 6.76. The Balaban J connectivity index is 1.97. The maximum absolute atomic E-state index is 6.28. The number of aryl methyl sites for hydroxylation is 1. The number of nitrogens with two attached hydrogens (primary N) is 1. The summed E-state index contributed by atoms with van der Waals surface area (Å²) >= 11 is 0. The van der Waals surface area contributed by atoms with Crippen molar-refractivity contribution in [1.29, 1.82) is 0 Å². The lowest BCUT2D eigenvalue weighted by Gasteiger charge is -2.25. The first-order valence-corrected chi connectivity index (χ1v) is 7.42. The molecule has 0 radical (unpaired) electrons. The maximum Gasteiger partial charge on any atom is 0.0728 e. The van der Waals surface area contributed by atoms with Gasteiger partial charge < -0.3 is 5.73 Å². The third-order valence-electron chi connectivity index (χ3n) is 5.05. The van der Waals surface area contributed by atoms with Gasteiger partial charge in [0.15, 0.2) is 0 Å². The Hall–Kier alpha value is -1.57. The largest absolute Gasteiger partial charge is 0.398 e. The maximum atomic E-state index is 6.28. The monoisotopic (exact) mass is 252 g/mol. The molecule has 2 aliphatic carbocycles. The van der Waals surface area contributed by atoms with Crippen molar-refractivity contribution < 1.29 is 0 Å². The van der Waals surface area contributed by atoms with Crippen molar-refractivity contribution in [3.8, 4) is 0 Å². The first-order valence-electron chi connectivity index (χ1n) is 7.42. The molecule has 2 unspecified atom stereocenters. The minimum atomic E-state index is 0.786. The Bertz CT molecular complexity index is 660. The van der Waals surface area contributed by atoms with E-state index in [1.165, 1.54) is 43.1 Å². The Labute approximate surface area is 114 Å². The van der Waals surface area contributed by atoms with E-state index in [4.69, 9.17) is 5.73 Å². The van der Waals surface area contributed by atoms with Gasteiger partial charge in [0.1, 0.15) is 0 Å². The number of aromatic nitrogens is 1. The van der Waals surface area contributed by atoms with Gasteiger partial charge in [0.25, 0.3) is 0 Å². The molecular formula is C17H20N2. The van der Waals surface area contributed by atoms with Crippen LogP contribution in [0.3, 0.4) is 0 Å². The number of nitrogen functional groups attached to an aromatic ring is 1. The molecule has 1 saturated carbocycles. The first-order chi connectivity index (χ1) is 9.24. The molecule has 19 heavy (non-hydrogen) atoms. The second kappa shape index (κ2) is 3.96. The predicted octanol–water partition coefficient (Wildman–Crippen LogP) is 3.96. The summed E-state index contributed by atoms with van der Waals surface area (Å²) in [5.41, 5.74) is 12.4. The molecule has 1 aromatic carbocycles. The Morgan fingerprint density at radius 3 is 2.95 bits per heavy atom. The van der Waals surface area contributed by atoms with Gasteiger partial charge in [-0.15, -0.1) is 0 Å². The van der Waals surface area contributed by atoms with Gasteiger partial charge in [0.2, 0.25) is 0 Å². The number of rotatable bonds is 0. The number of benzene rings is 1. The fourth-order valence-corrected chi connectivity index (χ4v) is 4.28. The van der Waals surface area contributed by atoms with Gasteiger partial charge in [-0.1, -0.05) is 18.9 Å². The first kappa shape index (κ1) is 11.3. The summed E-state index contributed by atoms with van der Waals surface area (Å²) in [6, 6.07) is 6.51. The number of hydrogen-bond donors (Lipinski definition) is 1. The van der Waals surface area contributed by atoms with E-state index in [0.717, 1.165) is 28.7 Å². The lowest BCUT2D eigenvalue weighted by atomic mass is 9.80. The molecule has 2 aliphatic rings. The minimum absolute atomic E-state index is 0.786. The zero-order valence-electron chi connectivity index (χ0n) is 11.4. The van der Waals surface area contributed by atoms with Gasteiger partial charge in [-0.05, 0) is 61.3 Å². The normalized spacial score (nSPS) is 25.3. The van der Waals surface area contributed by atoms with Crippen LogP contribution in [0.1, 0.15) is 48.4 Å². The van der Waals surface area contributed by atoms with E-state index in [1.807, 2.05) is 13.0 Å². The van der Waals surface area contributed by atoms with Crippen LogP contribution in [0.2, 0.25) is 0 Å². The van der Waals surface area contributed by atoms with Crippen LogP contribution >= 0.6 is 0 Å². The molecule has 2 heteroatoms. The Kier molecular flexibility index (Phi) is 2.35. The van der Waals surface area contributed by atoms with Gasteiger partial charge in [0.05, 0.1) is 5.52 Å². The quantitative estimate of drug-likeness (QED) is 0.771. The van der Waals surface area contributed by atoms with E-state index in [1.54, 1.807) is 5.56 Å². The third-order valence-corrected chi connectivity index (χ3v) is 5.05. The summed E-state index contributed by atoms with van der Waals surface area (Å²) in [6.45, 7) is 2.02. The van der Waals surface area contributed by atoms with E-state index < -0.39 is 0 Å². The molecule has 2 atom stereocenters. The molecule has 1 heterocycles. The average molecular weight is 252 g/mol. The van der Waals surface area contributed by atoms with E-state index >= 15 is 0 Å². The molecule has 0 bridgehead atoms. The highest BCUT2D eigenvalue weighted by Gasteiger charge is 2.35. The highest BCUT2D eigenvalue weighted by molar-refractivity contribution is 5.94. The van der Waals surface area contributed by atoms with Crippen LogP contribution in [0.15, 0.2) is 18.2 Å². The fourth-order valence-electron chi connectivity index (χ4n) is 4.28. The summed E-state index contributed by atoms with van der Waals surface area (Å²) in [4.78, 5) is 4.65. The van der Waals surface area contributed by atoms with Crippen LogP contribution in [0.4, 0.5) is 5.69 Å². The van der Waals surface area contributed by atoms with Crippen molar-refractivity contribution in [2.24, 2.45) is 5.92 Å². The van der Waals surface area contributed by atoms with Crippen molar-refractivity contribution in [1.82, 2.24) is 4.98 Å². The summed E-state index contributed by atoms with van der Waals surface area (Å²) in [5.74, 6) is 1.64. The van der Waals surface area contributed by atoms with Crippen molar-refractivity contribution >= 4 is 16.6 Å². The van der Waals surface area contributed by atoms with Crippen LogP contribution in [0.25, 0.3) is 10.9 Å². The van der Waals surface area contributed by atoms with Gasteiger partial charge in [-0.25, -0.2) is 0 Å². The zero-order chi connectivity index (χ0) is 13.0. The molecule has 2 nitrogen and oxygen atoms in total. The highest BCUT2D eigenvalue weighted by Crippen LogP contribution is 2.49. The van der Waals surface area contributed by atoms with Crippen molar-refractivity contribution in [2.75, 3.05) is 5.73 Å². The van der Waals surface area contributed by atoms with Crippen LogP contribution in [0.5, 0.6) is 0 Å². The number of hydrogen-bond acceptors (Lipinski definition) is 2. The summed E-state index contributed by atoms with van der Waals surface area (Å²) in [7, 11) is 0. The van der Waals surface area contributed by atoms with Gasteiger partial charge in [-0.3, -0.25) is 4.98 Å². The molecular weight excluding hydrogens is 232 g/mol. The van der Waals surface area contributed by atoms with Crippen LogP contribution in [0, 0.1) is 12.8 Å². The van der Waals surface area contributed by atoms with E-state index in [0.29, 0.717) is 0 Å². The number of anilines is 1. The third kappa shape index (κ3) is 1.59. The molecule has 2 aromatic rings.